The number of benzene rings is 1. The number of nitrogens with one attached hydrogen (secondary N) is 3. The van der Waals surface area contributed by atoms with Gasteiger partial charge < -0.3 is 16.0 Å². The van der Waals surface area contributed by atoms with Crippen LogP contribution < -0.4 is 16.0 Å². The Bertz CT molecular complexity index is 625. The summed E-state index contributed by atoms with van der Waals surface area (Å²) in [5.74, 6) is 0.414. The van der Waals surface area contributed by atoms with Gasteiger partial charge in [0.05, 0.1) is 0 Å². The van der Waals surface area contributed by atoms with Gasteiger partial charge in [0, 0.05) is 24.2 Å². The van der Waals surface area contributed by atoms with Crippen LogP contribution in [0.3, 0.4) is 0 Å². The number of carbonyl (C=O) groups is 2. The number of hydrogen-bond acceptors (Lipinski definition) is 3. The van der Waals surface area contributed by atoms with E-state index in [1.165, 1.54) is 12.8 Å². The Kier molecular flexibility index (Phi) is 6.73. The molecule has 6 heteroatoms. The highest BCUT2D eigenvalue weighted by Crippen LogP contribution is 2.27. The van der Waals surface area contributed by atoms with E-state index in [0.717, 1.165) is 29.8 Å². The fourth-order valence-electron chi connectivity index (χ4n) is 2.95. The van der Waals surface area contributed by atoms with Crippen molar-refractivity contribution in [2.45, 2.75) is 52.4 Å². The monoisotopic (exact) mass is 347 g/mol. The molecule has 1 aromatic rings. The van der Waals surface area contributed by atoms with Crippen LogP contribution in [0.5, 0.6) is 0 Å². The molecule has 1 fully saturated rings. The number of amides is 2. The van der Waals surface area contributed by atoms with Gasteiger partial charge in [-0.1, -0.05) is 25.8 Å². The molecule has 3 N–H and O–H groups in total. The third-order valence-corrected chi connectivity index (χ3v) is 4.58. The summed E-state index contributed by atoms with van der Waals surface area (Å²) in [6.07, 6.45) is 5.66. The Hall–Kier alpha value is -1.95. The van der Waals surface area contributed by atoms with Crippen LogP contribution in [0.2, 0.25) is 0 Å². The van der Waals surface area contributed by atoms with E-state index in [4.69, 9.17) is 12.2 Å². The molecule has 0 spiro atoms. The largest absolute Gasteiger partial charge is 0.332 e. The summed E-state index contributed by atoms with van der Waals surface area (Å²) in [5, 5.41) is 8.94. The molecule has 0 saturated heterocycles. The highest BCUT2D eigenvalue weighted by atomic mass is 32.1. The van der Waals surface area contributed by atoms with Crippen molar-refractivity contribution in [3.05, 3.63) is 23.8 Å². The van der Waals surface area contributed by atoms with Crippen molar-refractivity contribution in [1.82, 2.24) is 5.32 Å². The number of carbonyl (C=O) groups excluding carboxylic acids is 2. The standard InChI is InChI=1S/C18H25N3O2S/c1-3-16(22)19-14-9-6-10-15(12(14)2)20-18(24)21-17(23)11-13-7-4-5-8-13/h6,9-10,13H,3-5,7-8,11H2,1-2H3,(H,19,22)(H2,20,21,23,24). The summed E-state index contributed by atoms with van der Waals surface area (Å²) in [4.78, 5) is 23.6. The van der Waals surface area contributed by atoms with Crippen LogP contribution in [0.15, 0.2) is 18.2 Å². The zero-order valence-electron chi connectivity index (χ0n) is 14.3. The molecule has 0 aliphatic heterocycles. The van der Waals surface area contributed by atoms with Crippen molar-refractivity contribution in [1.29, 1.82) is 0 Å². The Labute approximate surface area is 148 Å². The predicted octanol–water partition coefficient (Wildman–Crippen LogP) is 3.74. The molecule has 0 radical (unpaired) electrons. The molecular weight excluding hydrogens is 322 g/mol. The SMILES string of the molecule is CCC(=O)Nc1cccc(NC(=S)NC(=O)CC2CCCC2)c1C. The van der Waals surface area contributed by atoms with E-state index in [9.17, 15) is 9.59 Å². The van der Waals surface area contributed by atoms with Crippen LogP contribution in [-0.2, 0) is 9.59 Å². The molecule has 0 bridgehead atoms. The fourth-order valence-corrected chi connectivity index (χ4v) is 3.18. The molecule has 5 nitrogen and oxygen atoms in total. The second-order valence-electron chi connectivity index (χ2n) is 6.24. The minimum atomic E-state index is -0.0392. The van der Waals surface area contributed by atoms with E-state index in [2.05, 4.69) is 16.0 Å². The topological polar surface area (TPSA) is 70.2 Å². The lowest BCUT2D eigenvalue weighted by Gasteiger charge is -2.15. The molecule has 0 unspecified atom stereocenters. The molecule has 0 heterocycles. The molecule has 0 aromatic heterocycles. The second-order valence-corrected chi connectivity index (χ2v) is 6.65. The molecule has 1 saturated carbocycles. The van der Waals surface area contributed by atoms with Gasteiger partial charge in [0.1, 0.15) is 0 Å². The van der Waals surface area contributed by atoms with Crippen LogP contribution >= 0.6 is 12.2 Å². The Balaban J connectivity index is 1.92. The zero-order chi connectivity index (χ0) is 17.5. The quantitative estimate of drug-likeness (QED) is 0.710. The molecule has 0 atom stereocenters. The lowest BCUT2D eigenvalue weighted by Crippen LogP contribution is -2.35. The number of hydrogen-bond donors (Lipinski definition) is 3. The van der Waals surface area contributed by atoms with Crippen LogP contribution in [0.4, 0.5) is 11.4 Å². The minimum Gasteiger partial charge on any atom is -0.332 e. The van der Waals surface area contributed by atoms with Gasteiger partial charge in [0.25, 0.3) is 0 Å². The van der Waals surface area contributed by atoms with Crippen LogP contribution in [0.1, 0.15) is 51.0 Å². The maximum absolute atomic E-state index is 12.0. The maximum atomic E-state index is 12.0. The maximum Gasteiger partial charge on any atom is 0.226 e. The molecule has 2 rings (SSSR count). The number of rotatable bonds is 5. The average molecular weight is 347 g/mol. The van der Waals surface area contributed by atoms with Gasteiger partial charge in [-0.15, -0.1) is 0 Å². The van der Waals surface area contributed by atoms with Gasteiger partial charge in [0.2, 0.25) is 11.8 Å². The molecule has 130 valence electrons. The first kappa shape index (κ1) is 18.4. The first-order chi connectivity index (χ1) is 11.5. The minimum absolute atomic E-state index is 0.0347. The fraction of sp³-hybridized carbons (Fsp3) is 0.500. The summed E-state index contributed by atoms with van der Waals surface area (Å²) in [6, 6.07) is 5.55. The molecule has 1 aliphatic rings. The van der Waals surface area contributed by atoms with Gasteiger partial charge in [-0.2, -0.15) is 0 Å². The Morgan fingerprint density at radius 2 is 1.75 bits per heavy atom. The lowest BCUT2D eigenvalue weighted by atomic mass is 10.0. The predicted molar refractivity (Wildman–Crippen MR) is 101 cm³/mol. The zero-order valence-corrected chi connectivity index (χ0v) is 15.1. The Morgan fingerprint density at radius 3 is 2.38 bits per heavy atom. The van der Waals surface area contributed by atoms with Crippen LogP contribution in [0, 0.1) is 12.8 Å². The van der Waals surface area contributed by atoms with Crippen molar-refractivity contribution in [3.8, 4) is 0 Å². The van der Waals surface area contributed by atoms with E-state index >= 15 is 0 Å². The van der Waals surface area contributed by atoms with E-state index in [-0.39, 0.29) is 11.8 Å². The second kappa shape index (κ2) is 8.78. The molecule has 24 heavy (non-hydrogen) atoms. The summed E-state index contributed by atoms with van der Waals surface area (Å²) >= 11 is 5.24. The van der Waals surface area contributed by atoms with Crippen molar-refractivity contribution < 1.29 is 9.59 Å². The van der Waals surface area contributed by atoms with Crippen LogP contribution in [-0.4, -0.2) is 16.9 Å². The van der Waals surface area contributed by atoms with Gasteiger partial charge >= 0.3 is 0 Å². The van der Waals surface area contributed by atoms with E-state index in [1.54, 1.807) is 0 Å². The third-order valence-electron chi connectivity index (χ3n) is 4.38. The average Bonchev–Trinajstić information content (AvgIpc) is 3.03. The molecule has 1 aromatic carbocycles. The first-order valence-corrected chi connectivity index (χ1v) is 8.90. The highest BCUT2D eigenvalue weighted by Gasteiger charge is 2.19. The van der Waals surface area contributed by atoms with Crippen molar-refractivity contribution in [2.75, 3.05) is 10.6 Å². The van der Waals surface area contributed by atoms with E-state index < -0.39 is 0 Å². The van der Waals surface area contributed by atoms with Crippen molar-refractivity contribution >= 4 is 40.5 Å². The summed E-state index contributed by atoms with van der Waals surface area (Å²) in [7, 11) is 0. The van der Waals surface area contributed by atoms with E-state index in [0.29, 0.717) is 23.9 Å². The lowest BCUT2D eigenvalue weighted by molar-refractivity contribution is -0.120. The van der Waals surface area contributed by atoms with Gasteiger partial charge in [-0.3, -0.25) is 9.59 Å². The summed E-state index contributed by atoms with van der Waals surface area (Å²) in [5.41, 5.74) is 2.40. The third kappa shape index (κ3) is 5.30. The first-order valence-electron chi connectivity index (χ1n) is 8.50. The highest BCUT2D eigenvalue weighted by molar-refractivity contribution is 7.80. The van der Waals surface area contributed by atoms with Gasteiger partial charge in [-0.25, -0.2) is 0 Å². The molecular formula is C18H25N3O2S. The molecule has 2 amide bonds. The summed E-state index contributed by atoms with van der Waals surface area (Å²) in [6.45, 7) is 3.71. The summed E-state index contributed by atoms with van der Waals surface area (Å²) < 4.78 is 0. The van der Waals surface area contributed by atoms with E-state index in [1.807, 2.05) is 32.0 Å². The molecule has 1 aliphatic carbocycles. The number of anilines is 2. The van der Waals surface area contributed by atoms with Crippen molar-refractivity contribution in [3.63, 3.8) is 0 Å². The smallest absolute Gasteiger partial charge is 0.226 e. The number of thiocarbonyl (C=S) groups is 1. The van der Waals surface area contributed by atoms with Gasteiger partial charge in [-0.05, 0) is 55.6 Å². The van der Waals surface area contributed by atoms with Crippen molar-refractivity contribution in [2.24, 2.45) is 5.92 Å². The van der Waals surface area contributed by atoms with Gasteiger partial charge in [0.15, 0.2) is 5.11 Å². The Morgan fingerprint density at radius 1 is 1.12 bits per heavy atom. The van der Waals surface area contributed by atoms with Crippen LogP contribution in [0.25, 0.3) is 0 Å². The normalized spacial score (nSPS) is 14.2.